The lowest BCUT2D eigenvalue weighted by Crippen LogP contribution is -2.41. The van der Waals surface area contributed by atoms with Crippen LogP contribution in [0, 0.1) is 0 Å². The van der Waals surface area contributed by atoms with E-state index in [4.69, 9.17) is 9.31 Å². The zero-order chi connectivity index (χ0) is 16.1. The summed E-state index contributed by atoms with van der Waals surface area (Å²) in [5.74, 6) is -0.152. The Morgan fingerprint density at radius 3 is 2.14 bits per heavy atom. The fraction of sp³-hybridized carbons (Fsp3) is 0.538. The van der Waals surface area contributed by atoms with Crippen molar-refractivity contribution in [2.75, 3.05) is 11.0 Å². The predicted octanol–water partition coefficient (Wildman–Crippen LogP) is 1.06. The first-order valence-electron chi connectivity index (χ1n) is 6.58. The second-order valence-corrected chi connectivity index (χ2v) is 7.99. The molecule has 1 aliphatic heterocycles. The summed E-state index contributed by atoms with van der Waals surface area (Å²) in [6.45, 7) is 7.73. The number of phenols is 1. The highest BCUT2D eigenvalue weighted by molar-refractivity contribution is 7.92. The molecule has 0 spiro atoms. The third-order valence-electron chi connectivity index (χ3n) is 3.84. The van der Waals surface area contributed by atoms with Gasteiger partial charge in [-0.1, -0.05) is 6.07 Å². The Balaban J connectivity index is 2.33. The largest absolute Gasteiger partial charge is 0.506 e. The zero-order valence-corrected chi connectivity index (χ0v) is 13.6. The minimum Gasteiger partial charge on any atom is -0.506 e. The average molecular weight is 313 g/mol. The van der Waals surface area contributed by atoms with Crippen LogP contribution in [-0.4, -0.2) is 38.1 Å². The molecule has 1 aliphatic rings. The normalized spacial score (nSPS) is 20.5. The summed E-state index contributed by atoms with van der Waals surface area (Å²) in [6.07, 6.45) is 1.02. The van der Waals surface area contributed by atoms with E-state index in [2.05, 4.69) is 4.72 Å². The van der Waals surface area contributed by atoms with Crippen LogP contribution in [0.5, 0.6) is 5.75 Å². The molecule has 1 heterocycles. The molecule has 6 nitrogen and oxygen atoms in total. The summed E-state index contributed by atoms with van der Waals surface area (Å²) < 4.78 is 36.7. The molecule has 0 saturated carbocycles. The third kappa shape index (κ3) is 3.33. The predicted molar refractivity (Wildman–Crippen MR) is 82.3 cm³/mol. The Bertz CT molecular complexity index is 641. The van der Waals surface area contributed by atoms with Gasteiger partial charge in [-0.15, -0.1) is 0 Å². The van der Waals surface area contributed by atoms with Crippen molar-refractivity contribution in [2.45, 2.75) is 38.9 Å². The van der Waals surface area contributed by atoms with Gasteiger partial charge in [-0.25, -0.2) is 8.42 Å². The van der Waals surface area contributed by atoms with E-state index in [0.717, 1.165) is 6.26 Å². The second-order valence-electron chi connectivity index (χ2n) is 6.24. The van der Waals surface area contributed by atoms with Crippen molar-refractivity contribution in [1.82, 2.24) is 0 Å². The van der Waals surface area contributed by atoms with Crippen molar-refractivity contribution >= 4 is 28.3 Å². The molecule has 1 fully saturated rings. The number of hydrogen-bond acceptors (Lipinski definition) is 5. The van der Waals surface area contributed by atoms with Crippen LogP contribution in [0.25, 0.3) is 0 Å². The highest BCUT2D eigenvalue weighted by atomic mass is 32.2. The van der Waals surface area contributed by atoms with Gasteiger partial charge in [0.25, 0.3) is 0 Å². The summed E-state index contributed by atoms with van der Waals surface area (Å²) in [7, 11) is -4.09. The lowest BCUT2D eigenvalue weighted by molar-refractivity contribution is 0.00578. The molecule has 0 radical (unpaired) electrons. The number of aromatic hydroxyl groups is 1. The molecule has 21 heavy (non-hydrogen) atoms. The zero-order valence-electron chi connectivity index (χ0n) is 12.8. The topological polar surface area (TPSA) is 84.9 Å². The van der Waals surface area contributed by atoms with E-state index < -0.39 is 28.3 Å². The SMILES string of the molecule is CC1(C)OB(c2ccc(O)c(NS(C)(=O)=O)c2)OC1(C)C. The quantitative estimate of drug-likeness (QED) is 0.644. The van der Waals surface area contributed by atoms with Gasteiger partial charge in [-0.2, -0.15) is 0 Å². The van der Waals surface area contributed by atoms with Crippen LogP contribution in [0.1, 0.15) is 27.7 Å². The Hall–Kier alpha value is -1.25. The van der Waals surface area contributed by atoms with Gasteiger partial charge in [-0.3, -0.25) is 4.72 Å². The van der Waals surface area contributed by atoms with E-state index in [-0.39, 0.29) is 11.4 Å². The van der Waals surface area contributed by atoms with Gasteiger partial charge in [0.1, 0.15) is 5.75 Å². The maximum Gasteiger partial charge on any atom is 0.494 e. The molecule has 0 unspecified atom stereocenters. The van der Waals surface area contributed by atoms with Gasteiger partial charge in [0.15, 0.2) is 0 Å². The number of benzene rings is 1. The number of anilines is 1. The van der Waals surface area contributed by atoms with Crippen LogP contribution in [0.2, 0.25) is 0 Å². The van der Waals surface area contributed by atoms with Crippen LogP contribution in [0.4, 0.5) is 5.69 Å². The molecule has 2 N–H and O–H groups in total. The Morgan fingerprint density at radius 2 is 1.67 bits per heavy atom. The van der Waals surface area contributed by atoms with E-state index in [1.165, 1.54) is 12.1 Å². The van der Waals surface area contributed by atoms with Gasteiger partial charge in [0, 0.05) is 0 Å². The highest BCUT2D eigenvalue weighted by Crippen LogP contribution is 2.37. The van der Waals surface area contributed by atoms with Crippen LogP contribution in [0.15, 0.2) is 18.2 Å². The summed E-state index contributed by atoms with van der Waals surface area (Å²) >= 11 is 0. The molecule has 1 saturated heterocycles. The van der Waals surface area contributed by atoms with E-state index >= 15 is 0 Å². The van der Waals surface area contributed by atoms with E-state index in [1.54, 1.807) is 6.07 Å². The first kappa shape index (κ1) is 16.1. The first-order valence-corrected chi connectivity index (χ1v) is 8.47. The molecule has 116 valence electrons. The molecule has 1 aromatic rings. The van der Waals surface area contributed by atoms with E-state index in [1.807, 2.05) is 27.7 Å². The Labute approximate surface area is 125 Å². The summed E-state index contributed by atoms with van der Waals surface area (Å²) in [6, 6.07) is 4.57. The fourth-order valence-corrected chi connectivity index (χ4v) is 2.52. The van der Waals surface area contributed by atoms with Crippen molar-refractivity contribution in [1.29, 1.82) is 0 Å². The summed E-state index contributed by atoms with van der Waals surface area (Å²) in [4.78, 5) is 0. The molecule has 0 aromatic heterocycles. The van der Waals surface area contributed by atoms with Crippen LogP contribution < -0.4 is 10.2 Å². The van der Waals surface area contributed by atoms with E-state index in [0.29, 0.717) is 5.46 Å². The number of rotatable bonds is 3. The first-order chi connectivity index (χ1) is 9.41. The van der Waals surface area contributed by atoms with Crippen molar-refractivity contribution in [2.24, 2.45) is 0 Å². The smallest absolute Gasteiger partial charge is 0.494 e. The van der Waals surface area contributed by atoms with Crippen molar-refractivity contribution in [3.05, 3.63) is 18.2 Å². The lowest BCUT2D eigenvalue weighted by Gasteiger charge is -2.32. The molecule has 8 heteroatoms. The summed E-state index contributed by atoms with van der Waals surface area (Å²) in [5.41, 5.74) is -0.234. The van der Waals surface area contributed by atoms with Gasteiger partial charge in [0.2, 0.25) is 10.0 Å². The summed E-state index contributed by atoms with van der Waals surface area (Å²) in [5, 5.41) is 9.74. The second kappa shape index (κ2) is 4.89. The fourth-order valence-electron chi connectivity index (χ4n) is 1.96. The number of hydrogen-bond donors (Lipinski definition) is 2. The maximum absolute atomic E-state index is 11.3. The van der Waals surface area contributed by atoms with Gasteiger partial charge in [0.05, 0.1) is 23.1 Å². The molecule has 0 aliphatic carbocycles. The molecule has 0 atom stereocenters. The minimum atomic E-state index is -3.48. The van der Waals surface area contributed by atoms with Gasteiger partial charge < -0.3 is 14.4 Å². The number of nitrogens with one attached hydrogen (secondary N) is 1. The number of sulfonamides is 1. The van der Waals surface area contributed by atoms with Crippen molar-refractivity contribution < 1.29 is 22.8 Å². The van der Waals surface area contributed by atoms with Gasteiger partial charge >= 0.3 is 7.12 Å². The third-order valence-corrected chi connectivity index (χ3v) is 4.43. The van der Waals surface area contributed by atoms with Crippen molar-refractivity contribution in [3.63, 3.8) is 0 Å². The monoisotopic (exact) mass is 313 g/mol. The molecular weight excluding hydrogens is 293 g/mol. The van der Waals surface area contributed by atoms with Gasteiger partial charge in [-0.05, 0) is 45.3 Å². The molecule has 2 rings (SSSR count). The van der Waals surface area contributed by atoms with E-state index in [9.17, 15) is 13.5 Å². The average Bonchev–Trinajstić information content (AvgIpc) is 2.49. The molecule has 1 aromatic carbocycles. The standard InChI is InChI=1S/C13H20BNO5S/c1-12(2)13(3,4)20-14(19-12)9-6-7-11(16)10(8-9)15-21(5,17)18/h6-8,15-16H,1-5H3. The lowest BCUT2D eigenvalue weighted by atomic mass is 9.79. The molecule has 0 amide bonds. The van der Waals surface area contributed by atoms with Crippen LogP contribution in [0.3, 0.4) is 0 Å². The maximum atomic E-state index is 11.3. The van der Waals surface area contributed by atoms with Crippen molar-refractivity contribution in [3.8, 4) is 5.75 Å². The Morgan fingerprint density at radius 1 is 1.14 bits per heavy atom. The minimum absolute atomic E-state index is 0.102. The highest BCUT2D eigenvalue weighted by Gasteiger charge is 2.51. The number of phenolic OH excluding ortho intramolecular Hbond substituents is 1. The van der Waals surface area contributed by atoms with Crippen LogP contribution in [-0.2, 0) is 19.3 Å². The van der Waals surface area contributed by atoms with Crippen LogP contribution >= 0.6 is 0 Å². The Kier molecular flexibility index (Phi) is 3.76. The molecule has 0 bridgehead atoms. The molecular formula is C13H20BNO5S.